The molecule has 31 heavy (non-hydrogen) atoms. The summed E-state index contributed by atoms with van der Waals surface area (Å²) >= 11 is 1.45. The second-order valence-electron chi connectivity index (χ2n) is 8.14. The van der Waals surface area contributed by atoms with Crippen LogP contribution in [0.1, 0.15) is 53.7 Å². The highest BCUT2D eigenvalue weighted by atomic mass is 32.1. The molecular formula is C23H26N4O3S. The second-order valence-corrected chi connectivity index (χ2v) is 9.09. The minimum absolute atomic E-state index is 0.0395. The molecule has 0 atom stereocenters. The number of hydrogen-bond acceptors (Lipinski definition) is 6. The van der Waals surface area contributed by atoms with Crippen LogP contribution in [0.4, 0.5) is 5.69 Å². The summed E-state index contributed by atoms with van der Waals surface area (Å²) in [4.78, 5) is 32.6. The van der Waals surface area contributed by atoms with E-state index in [0.29, 0.717) is 43.3 Å². The Kier molecular flexibility index (Phi) is 6.18. The third-order valence-electron chi connectivity index (χ3n) is 5.59. The Morgan fingerprint density at radius 2 is 1.97 bits per heavy atom. The predicted molar refractivity (Wildman–Crippen MR) is 120 cm³/mol. The van der Waals surface area contributed by atoms with E-state index in [1.54, 1.807) is 0 Å². The van der Waals surface area contributed by atoms with E-state index < -0.39 is 0 Å². The number of likely N-dealkylation sites (tertiary alicyclic amines) is 1. The van der Waals surface area contributed by atoms with Crippen molar-refractivity contribution in [2.75, 3.05) is 18.4 Å². The summed E-state index contributed by atoms with van der Waals surface area (Å²) in [7, 11) is 0. The first-order chi connectivity index (χ1) is 14.9. The Morgan fingerprint density at radius 3 is 2.61 bits per heavy atom. The zero-order valence-electron chi connectivity index (χ0n) is 17.9. The number of nitrogens with one attached hydrogen (secondary N) is 1. The van der Waals surface area contributed by atoms with Crippen molar-refractivity contribution in [1.82, 2.24) is 15.0 Å². The molecule has 8 heteroatoms. The van der Waals surface area contributed by atoms with Gasteiger partial charge in [-0.3, -0.25) is 9.59 Å². The van der Waals surface area contributed by atoms with Crippen molar-refractivity contribution in [3.8, 4) is 11.5 Å². The molecular weight excluding hydrogens is 412 g/mol. The van der Waals surface area contributed by atoms with Gasteiger partial charge in [0.1, 0.15) is 0 Å². The standard InChI is InChI=1S/C23H26N4O3S/c1-14(2)20-25-22(30-26-20)17-7-4-6-15(3)19(17)24-21(28)16-9-11-27(12-10-16)23(29)18-8-5-13-31-18/h4-8,13-14,16H,9-12H2,1-3H3,(H,24,28). The van der Waals surface area contributed by atoms with E-state index in [1.807, 2.05) is 61.4 Å². The first-order valence-corrected chi connectivity index (χ1v) is 11.4. The number of hydrogen-bond donors (Lipinski definition) is 1. The number of aromatic nitrogens is 2. The summed E-state index contributed by atoms with van der Waals surface area (Å²) in [6.45, 7) is 7.11. The number of amides is 2. The van der Waals surface area contributed by atoms with Crippen LogP contribution in [-0.4, -0.2) is 39.9 Å². The Hall–Kier alpha value is -3.00. The number of aryl methyl sites for hydroxylation is 1. The monoisotopic (exact) mass is 438 g/mol. The molecule has 162 valence electrons. The molecule has 1 aromatic carbocycles. The van der Waals surface area contributed by atoms with E-state index in [0.717, 1.165) is 16.0 Å². The maximum Gasteiger partial charge on any atom is 0.263 e. The number of nitrogens with zero attached hydrogens (tertiary/aromatic N) is 3. The van der Waals surface area contributed by atoms with Gasteiger partial charge < -0.3 is 14.7 Å². The zero-order valence-corrected chi connectivity index (χ0v) is 18.7. The van der Waals surface area contributed by atoms with Crippen molar-refractivity contribution in [3.05, 3.63) is 52.0 Å². The van der Waals surface area contributed by atoms with Gasteiger partial charge in [0, 0.05) is 24.9 Å². The third kappa shape index (κ3) is 4.54. The van der Waals surface area contributed by atoms with Gasteiger partial charge in [-0.1, -0.05) is 37.2 Å². The Balaban J connectivity index is 1.45. The number of para-hydroxylation sites is 1. The van der Waals surface area contributed by atoms with Crippen molar-refractivity contribution >= 4 is 28.8 Å². The lowest BCUT2D eigenvalue weighted by Gasteiger charge is -2.31. The number of benzene rings is 1. The van der Waals surface area contributed by atoms with Crippen LogP contribution < -0.4 is 5.32 Å². The van der Waals surface area contributed by atoms with Gasteiger partial charge in [-0.25, -0.2) is 0 Å². The molecule has 1 saturated heterocycles. The lowest BCUT2D eigenvalue weighted by atomic mass is 9.95. The molecule has 1 fully saturated rings. The summed E-state index contributed by atoms with van der Waals surface area (Å²) < 4.78 is 5.45. The Morgan fingerprint density at radius 1 is 1.19 bits per heavy atom. The van der Waals surface area contributed by atoms with Gasteiger partial charge in [0.05, 0.1) is 16.1 Å². The van der Waals surface area contributed by atoms with E-state index in [-0.39, 0.29) is 23.7 Å². The Bertz CT molecular complexity index is 1070. The molecule has 1 aliphatic heterocycles. The van der Waals surface area contributed by atoms with Crippen molar-refractivity contribution in [2.24, 2.45) is 5.92 Å². The van der Waals surface area contributed by atoms with Gasteiger partial charge in [-0.15, -0.1) is 11.3 Å². The van der Waals surface area contributed by atoms with Crippen molar-refractivity contribution in [3.63, 3.8) is 0 Å². The maximum absolute atomic E-state index is 13.0. The minimum atomic E-state index is -0.145. The molecule has 3 aromatic rings. The van der Waals surface area contributed by atoms with Crippen LogP contribution in [-0.2, 0) is 4.79 Å². The van der Waals surface area contributed by atoms with Crippen LogP contribution in [0, 0.1) is 12.8 Å². The SMILES string of the molecule is Cc1cccc(-c2nc(C(C)C)no2)c1NC(=O)C1CCN(C(=O)c2cccs2)CC1. The molecule has 1 N–H and O–H groups in total. The largest absolute Gasteiger partial charge is 0.338 e. The molecule has 4 rings (SSSR count). The topological polar surface area (TPSA) is 88.3 Å². The first kappa shape index (κ1) is 21.2. The number of thiophene rings is 1. The summed E-state index contributed by atoms with van der Waals surface area (Å²) in [6, 6.07) is 9.46. The number of anilines is 1. The summed E-state index contributed by atoms with van der Waals surface area (Å²) in [5, 5.41) is 9.03. The summed E-state index contributed by atoms with van der Waals surface area (Å²) in [5.41, 5.74) is 2.35. The summed E-state index contributed by atoms with van der Waals surface area (Å²) in [6.07, 6.45) is 1.28. The molecule has 2 amide bonds. The van der Waals surface area contributed by atoms with Crippen molar-refractivity contribution in [1.29, 1.82) is 0 Å². The number of carbonyl (C=O) groups excluding carboxylic acids is 2. The fraction of sp³-hybridized carbons (Fsp3) is 0.391. The van der Waals surface area contributed by atoms with E-state index in [4.69, 9.17) is 4.52 Å². The molecule has 0 saturated carbocycles. The van der Waals surface area contributed by atoms with Crippen LogP contribution in [0.25, 0.3) is 11.5 Å². The van der Waals surface area contributed by atoms with Gasteiger partial charge in [0.25, 0.3) is 11.8 Å². The lowest BCUT2D eigenvalue weighted by molar-refractivity contribution is -0.121. The molecule has 1 aliphatic rings. The predicted octanol–water partition coefficient (Wildman–Crippen LogP) is 4.72. The van der Waals surface area contributed by atoms with E-state index >= 15 is 0 Å². The molecule has 0 radical (unpaired) electrons. The fourth-order valence-corrected chi connectivity index (χ4v) is 4.41. The highest BCUT2D eigenvalue weighted by molar-refractivity contribution is 7.12. The van der Waals surface area contributed by atoms with Crippen LogP contribution in [0.2, 0.25) is 0 Å². The van der Waals surface area contributed by atoms with Gasteiger partial charge in [0.2, 0.25) is 5.91 Å². The lowest BCUT2D eigenvalue weighted by Crippen LogP contribution is -2.41. The average molecular weight is 439 g/mol. The molecule has 0 bridgehead atoms. The van der Waals surface area contributed by atoms with Crippen LogP contribution in [0.5, 0.6) is 0 Å². The van der Waals surface area contributed by atoms with Crippen molar-refractivity contribution < 1.29 is 14.1 Å². The number of carbonyl (C=O) groups is 2. The van der Waals surface area contributed by atoms with Gasteiger partial charge in [-0.05, 0) is 42.8 Å². The highest BCUT2D eigenvalue weighted by Crippen LogP contribution is 2.32. The molecule has 0 unspecified atom stereocenters. The zero-order chi connectivity index (χ0) is 22.0. The van der Waals surface area contributed by atoms with Gasteiger partial charge in [-0.2, -0.15) is 4.98 Å². The molecule has 7 nitrogen and oxygen atoms in total. The molecule has 3 heterocycles. The fourth-order valence-electron chi connectivity index (χ4n) is 3.72. The molecule has 0 aliphatic carbocycles. The van der Waals surface area contributed by atoms with E-state index in [2.05, 4.69) is 15.5 Å². The Labute approximate surface area is 185 Å². The second kappa shape index (κ2) is 9.01. The summed E-state index contributed by atoms with van der Waals surface area (Å²) in [5.74, 6) is 1.06. The minimum Gasteiger partial charge on any atom is -0.338 e. The maximum atomic E-state index is 13.0. The van der Waals surface area contributed by atoms with Crippen LogP contribution in [0.3, 0.4) is 0 Å². The quantitative estimate of drug-likeness (QED) is 0.623. The third-order valence-corrected chi connectivity index (χ3v) is 6.45. The van der Waals surface area contributed by atoms with Crippen LogP contribution in [0.15, 0.2) is 40.2 Å². The van der Waals surface area contributed by atoms with E-state index in [9.17, 15) is 9.59 Å². The number of rotatable bonds is 5. The average Bonchev–Trinajstić information content (AvgIpc) is 3.47. The highest BCUT2D eigenvalue weighted by Gasteiger charge is 2.29. The molecule has 0 spiro atoms. The smallest absolute Gasteiger partial charge is 0.263 e. The molecule has 2 aromatic heterocycles. The van der Waals surface area contributed by atoms with Crippen LogP contribution >= 0.6 is 11.3 Å². The first-order valence-electron chi connectivity index (χ1n) is 10.5. The van der Waals surface area contributed by atoms with Gasteiger partial charge >= 0.3 is 0 Å². The van der Waals surface area contributed by atoms with E-state index in [1.165, 1.54) is 11.3 Å². The van der Waals surface area contributed by atoms with Crippen molar-refractivity contribution in [2.45, 2.75) is 39.5 Å². The normalized spacial score (nSPS) is 14.8. The number of piperidine rings is 1. The van der Waals surface area contributed by atoms with Gasteiger partial charge in [0.15, 0.2) is 5.82 Å².